The summed E-state index contributed by atoms with van der Waals surface area (Å²) >= 11 is 0. The van der Waals surface area contributed by atoms with Crippen molar-refractivity contribution in [2.24, 2.45) is 0 Å². The fourth-order valence-corrected chi connectivity index (χ4v) is 2.24. The van der Waals surface area contributed by atoms with Gasteiger partial charge in [-0.15, -0.1) is 0 Å². The van der Waals surface area contributed by atoms with E-state index in [0.29, 0.717) is 0 Å². The number of rotatable bonds is 2. The number of aryl methyl sites for hydroxylation is 1. The van der Waals surface area contributed by atoms with Crippen LogP contribution in [0.1, 0.15) is 22.6 Å². The van der Waals surface area contributed by atoms with Crippen molar-refractivity contribution in [2.75, 3.05) is 0 Å². The summed E-state index contributed by atoms with van der Waals surface area (Å²) in [4.78, 5) is 2.38. The van der Waals surface area contributed by atoms with Gasteiger partial charge in [-0.25, -0.2) is 0 Å². The molecule has 0 aliphatic carbocycles. The molecule has 2 heterocycles. The Hall–Kier alpha value is -1.61. The van der Waals surface area contributed by atoms with Crippen LogP contribution < -0.4 is 0 Å². The number of nitrogens with zero attached hydrogens (tertiary/aromatic N) is 2. The van der Waals surface area contributed by atoms with Gasteiger partial charge in [0.05, 0.1) is 5.69 Å². The summed E-state index contributed by atoms with van der Waals surface area (Å²) in [5, 5.41) is 4.03. The first-order valence-corrected chi connectivity index (χ1v) is 5.52. The summed E-state index contributed by atoms with van der Waals surface area (Å²) in [6, 6.07) is 10.6. The Morgan fingerprint density at radius 3 is 2.50 bits per heavy atom. The molecule has 1 aromatic carbocycles. The molecule has 0 spiro atoms. The summed E-state index contributed by atoms with van der Waals surface area (Å²) in [5.41, 5.74) is 3.88. The average molecular weight is 214 g/mol. The maximum absolute atomic E-state index is 5.08. The van der Waals surface area contributed by atoms with Crippen LogP contribution in [0.5, 0.6) is 0 Å². The molecule has 3 nitrogen and oxygen atoms in total. The SMILES string of the molecule is Cc1cc(CN2Cc3ccccc3C2)no1. The van der Waals surface area contributed by atoms with Gasteiger partial charge in [0, 0.05) is 25.7 Å². The highest BCUT2D eigenvalue weighted by Crippen LogP contribution is 2.23. The Bertz CT molecular complexity index is 479. The predicted octanol–water partition coefficient (Wildman–Crippen LogP) is 2.50. The zero-order chi connectivity index (χ0) is 11.0. The zero-order valence-electron chi connectivity index (χ0n) is 9.31. The largest absolute Gasteiger partial charge is 0.361 e. The molecule has 2 aromatic rings. The summed E-state index contributed by atoms with van der Waals surface area (Å²) in [7, 11) is 0. The van der Waals surface area contributed by atoms with Crippen LogP contribution in [-0.4, -0.2) is 10.1 Å². The third kappa shape index (κ3) is 1.74. The van der Waals surface area contributed by atoms with Crippen LogP contribution in [0.4, 0.5) is 0 Å². The molecule has 1 aliphatic heterocycles. The van der Waals surface area contributed by atoms with Crippen molar-refractivity contribution < 1.29 is 4.52 Å². The molecule has 0 radical (unpaired) electrons. The first-order valence-electron chi connectivity index (χ1n) is 5.52. The normalized spacial score (nSPS) is 15.3. The van der Waals surface area contributed by atoms with Crippen molar-refractivity contribution in [3.8, 4) is 0 Å². The molecule has 1 aromatic heterocycles. The summed E-state index contributed by atoms with van der Waals surface area (Å²) in [6.07, 6.45) is 0. The molecule has 0 bridgehead atoms. The van der Waals surface area contributed by atoms with E-state index in [1.165, 1.54) is 11.1 Å². The zero-order valence-corrected chi connectivity index (χ0v) is 9.31. The summed E-state index contributed by atoms with van der Waals surface area (Å²) < 4.78 is 5.08. The van der Waals surface area contributed by atoms with Gasteiger partial charge in [0.25, 0.3) is 0 Å². The lowest BCUT2D eigenvalue weighted by Gasteiger charge is -2.11. The van der Waals surface area contributed by atoms with E-state index in [4.69, 9.17) is 4.52 Å². The third-order valence-electron chi connectivity index (χ3n) is 2.97. The maximum atomic E-state index is 5.08. The molecule has 0 saturated heterocycles. The predicted molar refractivity (Wildman–Crippen MR) is 60.6 cm³/mol. The van der Waals surface area contributed by atoms with Crippen LogP contribution in [0.2, 0.25) is 0 Å². The lowest BCUT2D eigenvalue weighted by atomic mass is 10.1. The second-order valence-electron chi connectivity index (χ2n) is 4.34. The Morgan fingerprint density at radius 1 is 1.25 bits per heavy atom. The van der Waals surface area contributed by atoms with Gasteiger partial charge in [-0.05, 0) is 18.1 Å². The minimum Gasteiger partial charge on any atom is -0.361 e. The molecule has 0 N–H and O–H groups in total. The highest BCUT2D eigenvalue weighted by molar-refractivity contribution is 5.30. The fraction of sp³-hybridized carbons (Fsp3) is 0.308. The van der Waals surface area contributed by atoms with E-state index in [2.05, 4.69) is 34.3 Å². The highest BCUT2D eigenvalue weighted by Gasteiger charge is 2.19. The van der Waals surface area contributed by atoms with Crippen LogP contribution >= 0.6 is 0 Å². The Morgan fingerprint density at radius 2 is 1.94 bits per heavy atom. The van der Waals surface area contributed by atoms with Gasteiger partial charge in [0.2, 0.25) is 0 Å². The average Bonchev–Trinajstić information content (AvgIpc) is 2.84. The maximum Gasteiger partial charge on any atom is 0.133 e. The molecule has 0 amide bonds. The van der Waals surface area contributed by atoms with E-state index in [1.54, 1.807) is 0 Å². The van der Waals surface area contributed by atoms with Gasteiger partial charge in [-0.2, -0.15) is 0 Å². The number of fused-ring (bicyclic) bond motifs is 1. The number of hydrogen-bond donors (Lipinski definition) is 0. The van der Waals surface area contributed by atoms with E-state index in [-0.39, 0.29) is 0 Å². The van der Waals surface area contributed by atoms with Gasteiger partial charge in [0.1, 0.15) is 5.76 Å². The van der Waals surface area contributed by atoms with E-state index < -0.39 is 0 Å². The number of benzene rings is 1. The number of hydrogen-bond acceptors (Lipinski definition) is 3. The summed E-state index contributed by atoms with van der Waals surface area (Å²) in [6.45, 7) is 4.82. The minimum atomic E-state index is 0.867. The van der Waals surface area contributed by atoms with Gasteiger partial charge in [-0.3, -0.25) is 4.90 Å². The molecule has 16 heavy (non-hydrogen) atoms. The minimum absolute atomic E-state index is 0.867. The molecule has 0 saturated carbocycles. The molecule has 1 aliphatic rings. The second-order valence-corrected chi connectivity index (χ2v) is 4.34. The topological polar surface area (TPSA) is 29.3 Å². The lowest BCUT2D eigenvalue weighted by Crippen LogP contribution is -2.15. The molecule has 0 atom stereocenters. The van der Waals surface area contributed by atoms with Crippen molar-refractivity contribution in [3.05, 3.63) is 52.9 Å². The molecule has 3 heteroatoms. The Kier molecular flexibility index (Phi) is 2.26. The smallest absolute Gasteiger partial charge is 0.133 e. The molecule has 3 rings (SSSR count). The molecule has 82 valence electrons. The fourth-order valence-electron chi connectivity index (χ4n) is 2.24. The molecule has 0 unspecified atom stereocenters. The number of aromatic nitrogens is 1. The first-order chi connectivity index (χ1) is 7.81. The van der Waals surface area contributed by atoms with Crippen molar-refractivity contribution in [1.82, 2.24) is 10.1 Å². The van der Waals surface area contributed by atoms with Gasteiger partial charge >= 0.3 is 0 Å². The first kappa shape index (κ1) is 9.60. The van der Waals surface area contributed by atoms with Crippen LogP contribution in [0.15, 0.2) is 34.9 Å². The molecular weight excluding hydrogens is 200 g/mol. The van der Waals surface area contributed by atoms with Crippen LogP contribution in [-0.2, 0) is 19.6 Å². The van der Waals surface area contributed by atoms with Gasteiger partial charge in [0.15, 0.2) is 0 Å². The van der Waals surface area contributed by atoms with Crippen molar-refractivity contribution in [2.45, 2.75) is 26.6 Å². The van der Waals surface area contributed by atoms with Gasteiger partial charge in [-0.1, -0.05) is 29.4 Å². The molecule has 0 fully saturated rings. The van der Waals surface area contributed by atoms with Crippen molar-refractivity contribution >= 4 is 0 Å². The third-order valence-corrected chi connectivity index (χ3v) is 2.97. The van der Waals surface area contributed by atoms with E-state index in [9.17, 15) is 0 Å². The van der Waals surface area contributed by atoms with Gasteiger partial charge < -0.3 is 4.52 Å². The summed E-state index contributed by atoms with van der Waals surface area (Å²) in [5.74, 6) is 0.881. The Balaban J connectivity index is 1.72. The monoisotopic (exact) mass is 214 g/mol. The van der Waals surface area contributed by atoms with E-state index >= 15 is 0 Å². The van der Waals surface area contributed by atoms with Crippen LogP contribution in [0.3, 0.4) is 0 Å². The van der Waals surface area contributed by atoms with Crippen molar-refractivity contribution in [1.29, 1.82) is 0 Å². The highest BCUT2D eigenvalue weighted by atomic mass is 16.5. The standard InChI is InChI=1S/C13H14N2O/c1-10-6-13(14-16-10)9-15-7-11-4-2-3-5-12(11)8-15/h2-6H,7-9H2,1H3. The molecular formula is C13H14N2O. The van der Waals surface area contributed by atoms with E-state index in [0.717, 1.165) is 31.1 Å². The van der Waals surface area contributed by atoms with E-state index in [1.807, 2.05) is 13.0 Å². The lowest BCUT2D eigenvalue weighted by molar-refractivity contribution is 0.264. The second kappa shape index (κ2) is 3.76. The van der Waals surface area contributed by atoms with Crippen LogP contribution in [0.25, 0.3) is 0 Å². The van der Waals surface area contributed by atoms with Crippen molar-refractivity contribution in [3.63, 3.8) is 0 Å². The quantitative estimate of drug-likeness (QED) is 0.769. The van der Waals surface area contributed by atoms with Crippen LogP contribution in [0, 0.1) is 6.92 Å². The Labute approximate surface area is 94.7 Å².